The number of hydrogen-bond acceptors (Lipinski definition) is 2. The van der Waals surface area contributed by atoms with E-state index in [1.165, 1.54) is 0 Å². The third-order valence-electron chi connectivity index (χ3n) is 3.46. The lowest BCUT2D eigenvalue weighted by molar-refractivity contribution is -0.132. The zero-order chi connectivity index (χ0) is 15.9. The Hall–Kier alpha value is -2.00. The highest BCUT2D eigenvalue weighted by Gasteiger charge is 2.11. The van der Waals surface area contributed by atoms with Crippen molar-refractivity contribution in [3.05, 3.63) is 64.7 Å². The fraction of sp³-hybridized carbons (Fsp3) is 0.278. The van der Waals surface area contributed by atoms with Gasteiger partial charge >= 0.3 is 0 Å². The Morgan fingerprint density at radius 1 is 1.14 bits per heavy atom. The van der Waals surface area contributed by atoms with Gasteiger partial charge in [0.1, 0.15) is 5.75 Å². The predicted octanol–water partition coefficient (Wildman–Crippen LogP) is 3.94. The normalized spacial score (nSPS) is 10.3. The Bertz CT molecular complexity index is 625. The molecular weight excluding hydrogens is 298 g/mol. The highest BCUT2D eigenvalue weighted by atomic mass is 35.5. The minimum atomic E-state index is -0.0548. The van der Waals surface area contributed by atoms with Crippen LogP contribution >= 0.6 is 11.6 Å². The van der Waals surface area contributed by atoms with Gasteiger partial charge < -0.3 is 9.64 Å². The third-order valence-corrected chi connectivity index (χ3v) is 3.72. The van der Waals surface area contributed by atoms with Crippen LogP contribution in [0.2, 0.25) is 5.02 Å². The minimum absolute atomic E-state index is 0.0428. The van der Waals surface area contributed by atoms with Crippen LogP contribution in [-0.2, 0) is 17.8 Å². The molecule has 22 heavy (non-hydrogen) atoms. The average Bonchev–Trinajstić information content (AvgIpc) is 2.54. The molecule has 1 amide bonds. The molecule has 0 saturated carbocycles. The number of aryl methyl sites for hydroxylation is 1. The summed E-state index contributed by atoms with van der Waals surface area (Å²) >= 11 is 5.86. The van der Waals surface area contributed by atoms with Gasteiger partial charge in [0.2, 0.25) is 0 Å². The molecule has 0 heterocycles. The molecule has 0 radical (unpaired) electrons. The number of rotatable bonds is 6. The molecule has 0 aromatic heterocycles. The predicted molar refractivity (Wildman–Crippen MR) is 89.2 cm³/mol. The first-order chi connectivity index (χ1) is 10.6. The maximum atomic E-state index is 12.2. The number of carbonyl (C=O) groups is 1. The summed E-state index contributed by atoms with van der Waals surface area (Å²) in [5, 5.41) is 0.692. The summed E-state index contributed by atoms with van der Waals surface area (Å²) in [4.78, 5) is 13.8. The summed E-state index contributed by atoms with van der Waals surface area (Å²) in [7, 11) is 1.77. The number of ether oxygens (including phenoxy) is 1. The van der Waals surface area contributed by atoms with E-state index in [1.54, 1.807) is 11.9 Å². The molecule has 4 heteroatoms. The summed E-state index contributed by atoms with van der Waals surface area (Å²) in [5.74, 6) is 0.721. The smallest absolute Gasteiger partial charge is 0.260 e. The molecule has 2 aromatic carbocycles. The zero-order valence-electron chi connectivity index (χ0n) is 12.9. The van der Waals surface area contributed by atoms with Crippen molar-refractivity contribution in [2.45, 2.75) is 19.9 Å². The lowest BCUT2D eigenvalue weighted by Crippen LogP contribution is -2.31. The summed E-state index contributed by atoms with van der Waals surface area (Å²) in [5.41, 5.74) is 2.14. The maximum Gasteiger partial charge on any atom is 0.260 e. The van der Waals surface area contributed by atoms with E-state index in [0.29, 0.717) is 11.6 Å². The Morgan fingerprint density at radius 3 is 2.50 bits per heavy atom. The van der Waals surface area contributed by atoms with E-state index in [1.807, 2.05) is 48.5 Å². The number of halogens is 1. The Morgan fingerprint density at radius 2 is 1.82 bits per heavy atom. The monoisotopic (exact) mass is 317 g/mol. The number of hydrogen-bond donors (Lipinski definition) is 0. The standard InChI is InChI=1S/C18H20ClNO2/c1-3-15-6-4-5-7-17(15)22-13-18(21)20(2)12-14-8-10-16(19)11-9-14/h4-11H,3,12-13H2,1-2H3. The van der Waals surface area contributed by atoms with Crippen LogP contribution in [0.15, 0.2) is 48.5 Å². The van der Waals surface area contributed by atoms with Crippen molar-refractivity contribution >= 4 is 17.5 Å². The van der Waals surface area contributed by atoms with Crippen molar-refractivity contribution in [1.82, 2.24) is 4.90 Å². The van der Waals surface area contributed by atoms with Gasteiger partial charge in [-0.2, -0.15) is 0 Å². The van der Waals surface area contributed by atoms with E-state index in [2.05, 4.69) is 6.92 Å². The lowest BCUT2D eigenvalue weighted by atomic mass is 10.1. The highest BCUT2D eigenvalue weighted by molar-refractivity contribution is 6.30. The first-order valence-corrected chi connectivity index (χ1v) is 7.67. The maximum absolute atomic E-state index is 12.2. The van der Waals surface area contributed by atoms with E-state index >= 15 is 0 Å². The van der Waals surface area contributed by atoms with Crippen LogP contribution in [0.3, 0.4) is 0 Å². The fourth-order valence-corrected chi connectivity index (χ4v) is 2.26. The molecule has 0 aliphatic carbocycles. The number of nitrogens with zero attached hydrogens (tertiary/aromatic N) is 1. The van der Waals surface area contributed by atoms with Gasteiger partial charge in [0.25, 0.3) is 5.91 Å². The molecule has 2 rings (SSSR count). The van der Waals surface area contributed by atoms with Crippen LogP contribution in [0.5, 0.6) is 5.75 Å². The number of likely N-dealkylation sites (N-methyl/N-ethyl adjacent to an activating group) is 1. The number of para-hydroxylation sites is 1. The van der Waals surface area contributed by atoms with Gasteiger partial charge in [-0.25, -0.2) is 0 Å². The molecule has 2 aromatic rings. The second-order valence-corrected chi connectivity index (χ2v) is 5.56. The van der Waals surface area contributed by atoms with Gasteiger partial charge in [0.05, 0.1) is 0 Å². The zero-order valence-corrected chi connectivity index (χ0v) is 13.6. The van der Waals surface area contributed by atoms with Gasteiger partial charge in [-0.3, -0.25) is 4.79 Å². The van der Waals surface area contributed by atoms with E-state index < -0.39 is 0 Å². The molecule has 0 bridgehead atoms. The Kier molecular flexibility index (Phi) is 5.84. The van der Waals surface area contributed by atoms with E-state index in [-0.39, 0.29) is 12.5 Å². The van der Waals surface area contributed by atoms with Crippen molar-refractivity contribution in [2.24, 2.45) is 0 Å². The van der Waals surface area contributed by atoms with Gasteiger partial charge in [0, 0.05) is 18.6 Å². The Labute approximate surface area is 136 Å². The van der Waals surface area contributed by atoms with Crippen LogP contribution in [0.25, 0.3) is 0 Å². The molecule has 0 saturated heterocycles. The largest absolute Gasteiger partial charge is 0.483 e. The number of amides is 1. The van der Waals surface area contributed by atoms with Gasteiger partial charge in [0.15, 0.2) is 6.61 Å². The second-order valence-electron chi connectivity index (χ2n) is 5.13. The van der Waals surface area contributed by atoms with Crippen molar-refractivity contribution in [1.29, 1.82) is 0 Å². The van der Waals surface area contributed by atoms with Crippen molar-refractivity contribution in [3.8, 4) is 5.75 Å². The van der Waals surface area contributed by atoms with E-state index in [4.69, 9.17) is 16.3 Å². The molecule has 3 nitrogen and oxygen atoms in total. The minimum Gasteiger partial charge on any atom is -0.483 e. The van der Waals surface area contributed by atoms with Gasteiger partial charge in [-0.05, 0) is 35.7 Å². The van der Waals surface area contributed by atoms with Crippen molar-refractivity contribution in [2.75, 3.05) is 13.7 Å². The van der Waals surface area contributed by atoms with Crippen LogP contribution in [-0.4, -0.2) is 24.5 Å². The molecule has 0 N–H and O–H groups in total. The van der Waals surface area contributed by atoms with Crippen LogP contribution in [0.4, 0.5) is 0 Å². The van der Waals surface area contributed by atoms with Crippen molar-refractivity contribution < 1.29 is 9.53 Å². The highest BCUT2D eigenvalue weighted by Crippen LogP contribution is 2.18. The molecule has 0 aliphatic rings. The van der Waals surface area contributed by atoms with Gasteiger partial charge in [-0.1, -0.05) is 48.9 Å². The number of carbonyl (C=O) groups excluding carboxylic acids is 1. The molecular formula is C18H20ClNO2. The quantitative estimate of drug-likeness (QED) is 0.807. The first kappa shape index (κ1) is 16.4. The van der Waals surface area contributed by atoms with Crippen LogP contribution in [0, 0.1) is 0 Å². The van der Waals surface area contributed by atoms with E-state index in [0.717, 1.165) is 23.3 Å². The van der Waals surface area contributed by atoms with Crippen LogP contribution < -0.4 is 4.74 Å². The SMILES string of the molecule is CCc1ccccc1OCC(=O)N(C)Cc1ccc(Cl)cc1. The summed E-state index contributed by atoms with van der Waals surface area (Å²) in [6, 6.07) is 15.3. The summed E-state index contributed by atoms with van der Waals surface area (Å²) < 4.78 is 5.66. The number of benzene rings is 2. The summed E-state index contributed by atoms with van der Waals surface area (Å²) in [6.45, 7) is 2.65. The lowest BCUT2D eigenvalue weighted by Gasteiger charge is -2.18. The molecule has 0 aliphatic heterocycles. The van der Waals surface area contributed by atoms with Crippen LogP contribution in [0.1, 0.15) is 18.1 Å². The molecule has 0 spiro atoms. The first-order valence-electron chi connectivity index (χ1n) is 7.29. The topological polar surface area (TPSA) is 29.5 Å². The average molecular weight is 318 g/mol. The molecule has 0 unspecified atom stereocenters. The van der Waals surface area contributed by atoms with Crippen molar-refractivity contribution in [3.63, 3.8) is 0 Å². The second kappa shape index (κ2) is 7.85. The Balaban J connectivity index is 1.90. The third kappa shape index (κ3) is 4.50. The fourth-order valence-electron chi connectivity index (χ4n) is 2.14. The van der Waals surface area contributed by atoms with E-state index in [9.17, 15) is 4.79 Å². The molecule has 0 fully saturated rings. The van der Waals surface area contributed by atoms with Gasteiger partial charge in [-0.15, -0.1) is 0 Å². The summed E-state index contributed by atoms with van der Waals surface area (Å²) in [6.07, 6.45) is 0.880. The molecule has 116 valence electrons. The molecule has 0 atom stereocenters.